The van der Waals surface area contributed by atoms with Crippen LogP contribution in [0, 0.1) is 0 Å². The minimum atomic E-state index is 0.877. The Balaban J connectivity index is 1.67. The smallest absolute Gasteiger partial charge is 0.137 e. The van der Waals surface area contributed by atoms with Crippen LogP contribution in [0.15, 0.2) is 116 Å². The van der Waals surface area contributed by atoms with Gasteiger partial charge < -0.3 is 0 Å². The topological polar surface area (TPSA) is 29.0 Å². The number of fused-ring (bicyclic) bond motifs is 1. The van der Waals surface area contributed by atoms with Gasteiger partial charge in [0.1, 0.15) is 5.82 Å². The van der Waals surface area contributed by atoms with Gasteiger partial charge in [-0.2, -0.15) is 0 Å². The first-order chi connectivity index (χ1) is 14.4. The van der Waals surface area contributed by atoms with Crippen LogP contribution < -0.4 is 4.90 Å². The van der Waals surface area contributed by atoms with Gasteiger partial charge in [0.25, 0.3) is 0 Å². The van der Waals surface area contributed by atoms with E-state index in [4.69, 9.17) is 0 Å². The maximum atomic E-state index is 4.69. The first kappa shape index (κ1) is 17.1. The van der Waals surface area contributed by atoms with Crippen LogP contribution in [0.2, 0.25) is 0 Å². The van der Waals surface area contributed by atoms with Crippen LogP contribution in [0.5, 0.6) is 0 Å². The molecule has 0 saturated heterocycles. The van der Waals surface area contributed by atoms with E-state index in [0.717, 1.165) is 33.8 Å². The van der Waals surface area contributed by atoms with E-state index in [1.54, 1.807) is 0 Å². The highest BCUT2D eigenvalue weighted by atomic mass is 15.2. The standard InChI is InChI=1S/C26H19N3/c1-2-11-22(12-3-1)29(25-15-6-7-17-27-25)23-13-8-10-21(19-23)26-24-14-5-4-9-20(24)16-18-28-26/h1-19H. The van der Waals surface area contributed by atoms with Gasteiger partial charge in [-0.25, -0.2) is 4.98 Å². The highest BCUT2D eigenvalue weighted by molar-refractivity contribution is 5.95. The normalized spacial score (nSPS) is 10.8. The quantitative estimate of drug-likeness (QED) is 0.348. The third-order valence-corrected chi connectivity index (χ3v) is 4.94. The molecule has 0 fully saturated rings. The summed E-state index contributed by atoms with van der Waals surface area (Å²) >= 11 is 0. The Morgan fingerprint density at radius 1 is 0.552 bits per heavy atom. The summed E-state index contributed by atoms with van der Waals surface area (Å²) in [5, 5.41) is 2.34. The number of nitrogens with zero attached hydrogens (tertiary/aromatic N) is 3. The van der Waals surface area contributed by atoms with Crippen LogP contribution in [0.3, 0.4) is 0 Å². The summed E-state index contributed by atoms with van der Waals surface area (Å²) in [6, 6.07) is 35.1. The van der Waals surface area contributed by atoms with Crippen molar-refractivity contribution in [3.05, 3.63) is 116 Å². The van der Waals surface area contributed by atoms with Crippen LogP contribution in [-0.4, -0.2) is 9.97 Å². The predicted octanol–water partition coefficient (Wildman–Crippen LogP) is 6.77. The first-order valence-corrected chi connectivity index (χ1v) is 9.60. The van der Waals surface area contributed by atoms with E-state index >= 15 is 0 Å². The molecule has 2 aromatic heterocycles. The molecule has 5 aromatic rings. The van der Waals surface area contributed by atoms with Crippen molar-refractivity contribution in [3.8, 4) is 11.3 Å². The van der Waals surface area contributed by atoms with Crippen molar-refractivity contribution < 1.29 is 0 Å². The van der Waals surface area contributed by atoms with Crippen LogP contribution in [0.4, 0.5) is 17.2 Å². The molecule has 3 nitrogen and oxygen atoms in total. The molecule has 0 amide bonds. The van der Waals surface area contributed by atoms with Crippen molar-refractivity contribution in [2.24, 2.45) is 0 Å². The Hall–Kier alpha value is -3.98. The fourth-order valence-electron chi connectivity index (χ4n) is 3.62. The molecule has 0 aliphatic carbocycles. The number of anilines is 3. The van der Waals surface area contributed by atoms with Crippen molar-refractivity contribution in [1.29, 1.82) is 0 Å². The lowest BCUT2D eigenvalue weighted by molar-refractivity contribution is 1.18. The lowest BCUT2D eigenvalue weighted by Gasteiger charge is -2.24. The molecule has 5 rings (SSSR count). The summed E-state index contributed by atoms with van der Waals surface area (Å²) in [7, 11) is 0. The summed E-state index contributed by atoms with van der Waals surface area (Å²) in [5.74, 6) is 0.877. The van der Waals surface area contributed by atoms with Crippen molar-refractivity contribution in [1.82, 2.24) is 9.97 Å². The van der Waals surface area contributed by atoms with E-state index in [1.165, 1.54) is 5.39 Å². The fraction of sp³-hybridized carbons (Fsp3) is 0. The summed E-state index contributed by atoms with van der Waals surface area (Å²) < 4.78 is 0. The number of hydrogen-bond acceptors (Lipinski definition) is 3. The Morgan fingerprint density at radius 3 is 2.21 bits per heavy atom. The number of rotatable bonds is 4. The van der Waals surface area contributed by atoms with Gasteiger partial charge in [-0.1, -0.05) is 60.7 Å². The van der Waals surface area contributed by atoms with Crippen molar-refractivity contribution >= 4 is 28.0 Å². The third-order valence-electron chi connectivity index (χ3n) is 4.94. The monoisotopic (exact) mass is 373 g/mol. The molecule has 0 aliphatic heterocycles. The van der Waals surface area contributed by atoms with E-state index < -0.39 is 0 Å². The highest BCUT2D eigenvalue weighted by Gasteiger charge is 2.14. The van der Waals surface area contributed by atoms with Gasteiger partial charge >= 0.3 is 0 Å². The summed E-state index contributed by atoms with van der Waals surface area (Å²) in [6.07, 6.45) is 3.69. The lowest BCUT2D eigenvalue weighted by Crippen LogP contribution is -2.11. The van der Waals surface area contributed by atoms with Crippen molar-refractivity contribution in [3.63, 3.8) is 0 Å². The molecule has 0 radical (unpaired) electrons. The van der Waals surface area contributed by atoms with Gasteiger partial charge in [0.2, 0.25) is 0 Å². The molecular formula is C26H19N3. The van der Waals surface area contributed by atoms with Crippen LogP contribution in [0.25, 0.3) is 22.0 Å². The van der Waals surface area contributed by atoms with Crippen LogP contribution >= 0.6 is 0 Å². The molecule has 0 saturated carbocycles. The van der Waals surface area contributed by atoms with E-state index in [2.05, 4.69) is 75.5 Å². The van der Waals surface area contributed by atoms with Crippen molar-refractivity contribution in [2.75, 3.05) is 4.90 Å². The van der Waals surface area contributed by atoms with Gasteiger partial charge in [-0.15, -0.1) is 0 Å². The van der Waals surface area contributed by atoms with Gasteiger partial charge in [0.15, 0.2) is 0 Å². The maximum Gasteiger partial charge on any atom is 0.137 e. The minimum absolute atomic E-state index is 0.877. The van der Waals surface area contributed by atoms with Gasteiger partial charge in [-0.3, -0.25) is 9.88 Å². The fourth-order valence-corrected chi connectivity index (χ4v) is 3.62. The minimum Gasteiger partial charge on any atom is -0.295 e. The molecule has 138 valence electrons. The van der Waals surface area contributed by atoms with E-state index in [1.807, 2.05) is 54.9 Å². The molecule has 3 heteroatoms. The Morgan fingerprint density at radius 2 is 1.34 bits per heavy atom. The Labute approximate surface area is 169 Å². The molecule has 0 spiro atoms. The Kier molecular flexibility index (Phi) is 4.47. The predicted molar refractivity (Wildman–Crippen MR) is 120 cm³/mol. The second-order valence-electron chi connectivity index (χ2n) is 6.79. The zero-order valence-electron chi connectivity index (χ0n) is 15.8. The van der Waals surface area contributed by atoms with Crippen LogP contribution in [0.1, 0.15) is 0 Å². The van der Waals surface area contributed by atoms with E-state index in [9.17, 15) is 0 Å². The molecule has 0 unspecified atom stereocenters. The number of para-hydroxylation sites is 1. The Bertz CT molecular complexity index is 1210. The number of pyridine rings is 2. The van der Waals surface area contributed by atoms with Gasteiger partial charge in [-0.05, 0) is 47.9 Å². The van der Waals surface area contributed by atoms with Gasteiger partial charge in [0, 0.05) is 34.7 Å². The molecule has 0 bridgehead atoms. The van der Waals surface area contributed by atoms with Crippen molar-refractivity contribution in [2.45, 2.75) is 0 Å². The number of hydrogen-bond donors (Lipinski definition) is 0. The molecular weight excluding hydrogens is 354 g/mol. The summed E-state index contributed by atoms with van der Waals surface area (Å²) in [5.41, 5.74) is 4.17. The largest absolute Gasteiger partial charge is 0.295 e. The average molecular weight is 373 g/mol. The number of benzene rings is 3. The third kappa shape index (κ3) is 3.34. The molecule has 2 heterocycles. The second-order valence-corrected chi connectivity index (χ2v) is 6.79. The SMILES string of the molecule is c1ccc(N(c2cccc(-c3nccc4ccccc34)c2)c2ccccn2)cc1. The molecule has 3 aromatic carbocycles. The first-order valence-electron chi connectivity index (χ1n) is 9.60. The summed E-state index contributed by atoms with van der Waals surface area (Å²) in [4.78, 5) is 11.4. The zero-order chi connectivity index (χ0) is 19.5. The molecule has 29 heavy (non-hydrogen) atoms. The molecule has 0 atom stereocenters. The highest BCUT2D eigenvalue weighted by Crippen LogP contribution is 2.36. The summed E-state index contributed by atoms with van der Waals surface area (Å²) in [6.45, 7) is 0. The molecule has 0 aliphatic rings. The van der Waals surface area contributed by atoms with Crippen LogP contribution in [-0.2, 0) is 0 Å². The maximum absolute atomic E-state index is 4.69. The lowest BCUT2D eigenvalue weighted by atomic mass is 10.0. The van der Waals surface area contributed by atoms with Gasteiger partial charge in [0.05, 0.1) is 5.69 Å². The average Bonchev–Trinajstić information content (AvgIpc) is 2.81. The number of aromatic nitrogens is 2. The second kappa shape index (κ2) is 7.56. The molecule has 0 N–H and O–H groups in total. The van der Waals surface area contributed by atoms with E-state index in [-0.39, 0.29) is 0 Å². The zero-order valence-corrected chi connectivity index (χ0v) is 15.8. The van der Waals surface area contributed by atoms with E-state index in [0.29, 0.717) is 0 Å².